The summed E-state index contributed by atoms with van der Waals surface area (Å²) in [6, 6.07) is 5.26. The van der Waals surface area contributed by atoms with Crippen LogP contribution in [0.1, 0.15) is 31.7 Å². The molecule has 0 unspecified atom stereocenters. The van der Waals surface area contributed by atoms with Crippen molar-refractivity contribution in [2.75, 3.05) is 13.7 Å². The largest absolute Gasteiger partial charge is 0.493 e. The van der Waals surface area contributed by atoms with E-state index in [1.807, 2.05) is 19.9 Å². The predicted molar refractivity (Wildman–Crippen MR) is 63.3 cm³/mol. The average molecular weight is 262 g/mol. The van der Waals surface area contributed by atoms with Crippen molar-refractivity contribution in [3.05, 3.63) is 23.8 Å². The second kappa shape index (κ2) is 5.98. The number of alkyl halides is 3. The summed E-state index contributed by atoms with van der Waals surface area (Å²) in [5.41, 5.74) is 1.05. The van der Waals surface area contributed by atoms with Crippen molar-refractivity contribution in [3.63, 3.8) is 0 Å². The second-order valence-electron chi connectivity index (χ2n) is 4.28. The summed E-state index contributed by atoms with van der Waals surface area (Å²) in [7, 11) is 1.47. The lowest BCUT2D eigenvalue weighted by molar-refractivity contribution is -0.139. The van der Waals surface area contributed by atoms with Gasteiger partial charge in [0.25, 0.3) is 0 Å². The van der Waals surface area contributed by atoms with Gasteiger partial charge in [0, 0.05) is 0 Å². The third-order valence-electron chi connectivity index (χ3n) is 2.50. The van der Waals surface area contributed by atoms with Gasteiger partial charge in [0.1, 0.15) is 0 Å². The maximum absolute atomic E-state index is 12.0. The molecule has 2 nitrogen and oxygen atoms in total. The van der Waals surface area contributed by atoms with Gasteiger partial charge in [0.05, 0.1) is 20.1 Å². The van der Waals surface area contributed by atoms with Gasteiger partial charge in [0.2, 0.25) is 0 Å². The molecule has 0 spiro atoms. The second-order valence-corrected chi connectivity index (χ2v) is 4.28. The van der Waals surface area contributed by atoms with Crippen LogP contribution in [0, 0.1) is 0 Å². The Morgan fingerprint density at radius 1 is 1.17 bits per heavy atom. The molecule has 1 aromatic rings. The van der Waals surface area contributed by atoms with Crippen LogP contribution in [0.25, 0.3) is 0 Å². The Morgan fingerprint density at radius 2 is 1.83 bits per heavy atom. The van der Waals surface area contributed by atoms with Crippen molar-refractivity contribution in [1.29, 1.82) is 0 Å². The summed E-state index contributed by atoms with van der Waals surface area (Å²) >= 11 is 0. The first-order valence-electron chi connectivity index (χ1n) is 5.71. The molecule has 102 valence electrons. The zero-order valence-electron chi connectivity index (χ0n) is 10.7. The van der Waals surface area contributed by atoms with E-state index in [0.29, 0.717) is 17.4 Å². The van der Waals surface area contributed by atoms with Crippen LogP contribution in [0.2, 0.25) is 0 Å². The van der Waals surface area contributed by atoms with E-state index in [0.717, 1.165) is 5.56 Å². The molecule has 0 N–H and O–H groups in total. The highest BCUT2D eigenvalue weighted by atomic mass is 19.4. The number of hydrogen-bond acceptors (Lipinski definition) is 2. The van der Waals surface area contributed by atoms with Crippen LogP contribution >= 0.6 is 0 Å². The third-order valence-corrected chi connectivity index (χ3v) is 2.50. The van der Waals surface area contributed by atoms with Crippen molar-refractivity contribution in [1.82, 2.24) is 0 Å². The van der Waals surface area contributed by atoms with Crippen molar-refractivity contribution < 1.29 is 22.6 Å². The Kier molecular flexibility index (Phi) is 4.87. The molecule has 0 fully saturated rings. The lowest BCUT2D eigenvalue weighted by Crippen LogP contribution is -2.13. The summed E-state index contributed by atoms with van der Waals surface area (Å²) in [6.07, 6.45) is -5.17. The number of rotatable bonds is 5. The predicted octanol–water partition coefficient (Wildman–Crippen LogP) is 4.15. The summed E-state index contributed by atoms with van der Waals surface area (Å²) in [4.78, 5) is 0. The number of benzene rings is 1. The van der Waals surface area contributed by atoms with Crippen LogP contribution in [0.15, 0.2) is 18.2 Å². The van der Waals surface area contributed by atoms with E-state index in [9.17, 15) is 13.2 Å². The maximum atomic E-state index is 12.0. The molecule has 5 heteroatoms. The van der Waals surface area contributed by atoms with E-state index >= 15 is 0 Å². The smallest absolute Gasteiger partial charge is 0.392 e. The summed E-state index contributed by atoms with van der Waals surface area (Å²) in [5, 5.41) is 0. The van der Waals surface area contributed by atoms with Crippen LogP contribution in [-0.2, 0) is 0 Å². The molecule has 0 aromatic heterocycles. The lowest BCUT2D eigenvalue weighted by atomic mass is 10.0. The van der Waals surface area contributed by atoms with Crippen molar-refractivity contribution in [2.24, 2.45) is 0 Å². The first kappa shape index (κ1) is 14.7. The molecular formula is C13H17F3O2. The fraction of sp³-hybridized carbons (Fsp3) is 0.538. The zero-order chi connectivity index (χ0) is 13.8. The number of halogens is 3. The monoisotopic (exact) mass is 262 g/mol. The van der Waals surface area contributed by atoms with Gasteiger partial charge in [-0.3, -0.25) is 0 Å². The van der Waals surface area contributed by atoms with Crippen LogP contribution in [0.3, 0.4) is 0 Å². The Morgan fingerprint density at radius 3 is 2.33 bits per heavy atom. The highest BCUT2D eigenvalue weighted by Crippen LogP contribution is 2.31. The van der Waals surface area contributed by atoms with E-state index < -0.39 is 19.2 Å². The fourth-order valence-electron chi connectivity index (χ4n) is 1.44. The molecule has 0 saturated carbocycles. The van der Waals surface area contributed by atoms with Crippen LogP contribution in [0.4, 0.5) is 13.2 Å². The molecule has 0 aliphatic heterocycles. The molecule has 0 saturated heterocycles. The lowest BCUT2D eigenvalue weighted by Gasteiger charge is -2.14. The summed E-state index contributed by atoms with van der Waals surface area (Å²) in [6.45, 7) is 3.65. The maximum Gasteiger partial charge on any atom is 0.392 e. The molecule has 0 atom stereocenters. The van der Waals surface area contributed by atoms with E-state index in [1.54, 1.807) is 12.1 Å². The highest BCUT2D eigenvalue weighted by molar-refractivity contribution is 5.43. The first-order chi connectivity index (χ1) is 8.33. The Labute approximate surface area is 105 Å². The topological polar surface area (TPSA) is 18.5 Å². The van der Waals surface area contributed by atoms with E-state index in [4.69, 9.17) is 9.47 Å². The quantitative estimate of drug-likeness (QED) is 0.793. The van der Waals surface area contributed by atoms with Gasteiger partial charge in [-0.25, -0.2) is 0 Å². The SMILES string of the molecule is COc1cc(C(C)C)ccc1OCCC(F)(F)F. The molecule has 0 heterocycles. The van der Waals surface area contributed by atoms with Crippen molar-refractivity contribution >= 4 is 0 Å². The molecule has 0 bridgehead atoms. The molecule has 0 radical (unpaired) electrons. The van der Waals surface area contributed by atoms with Gasteiger partial charge < -0.3 is 9.47 Å². The molecule has 18 heavy (non-hydrogen) atoms. The molecule has 1 aromatic carbocycles. The number of hydrogen-bond donors (Lipinski definition) is 0. The van der Waals surface area contributed by atoms with Crippen molar-refractivity contribution in [2.45, 2.75) is 32.4 Å². The van der Waals surface area contributed by atoms with Gasteiger partial charge >= 0.3 is 6.18 Å². The molecule has 0 amide bonds. The number of ether oxygens (including phenoxy) is 2. The molecule has 0 aliphatic rings. The normalized spacial score (nSPS) is 11.7. The summed E-state index contributed by atoms with van der Waals surface area (Å²) in [5.74, 6) is 1.12. The molecular weight excluding hydrogens is 245 g/mol. The van der Waals surface area contributed by atoms with Crippen molar-refractivity contribution in [3.8, 4) is 11.5 Å². The van der Waals surface area contributed by atoms with Gasteiger partial charge in [-0.1, -0.05) is 19.9 Å². The Hall–Kier alpha value is -1.39. The summed E-state index contributed by atoms with van der Waals surface area (Å²) < 4.78 is 46.2. The first-order valence-corrected chi connectivity index (χ1v) is 5.71. The van der Waals surface area contributed by atoms with Gasteiger partial charge in [0.15, 0.2) is 11.5 Å². The standard InChI is InChI=1S/C13H17F3O2/c1-9(2)10-4-5-11(12(8-10)17-3)18-7-6-13(14,15)16/h4-5,8-9H,6-7H2,1-3H3. The Bertz CT molecular complexity index is 386. The van der Waals surface area contributed by atoms with Crippen LogP contribution in [0.5, 0.6) is 11.5 Å². The molecule has 1 rings (SSSR count). The van der Waals surface area contributed by atoms with Crippen LogP contribution in [-0.4, -0.2) is 19.9 Å². The third kappa shape index (κ3) is 4.47. The molecule has 0 aliphatic carbocycles. The van der Waals surface area contributed by atoms with E-state index in [2.05, 4.69) is 0 Å². The zero-order valence-corrected chi connectivity index (χ0v) is 10.7. The minimum Gasteiger partial charge on any atom is -0.493 e. The van der Waals surface area contributed by atoms with Crippen LogP contribution < -0.4 is 9.47 Å². The van der Waals surface area contributed by atoms with E-state index in [1.165, 1.54) is 7.11 Å². The minimum atomic E-state index is -4.20. The van der Waals surface area contributed by atoms with Gasteiger partial charge in [-0.15, -0.1) is 0 Å². The number of methoxy groups -OCH3 is 1. The van der Waals surface area contributed by atoms with Gasteiger partial charge in [-0.05, 0) is 23.6 Å². The van der Waals surface area contributed by atoms with E-state index in [-0.39, 0.29) is 0 Å². The highest BCUT2D eigenvalue weighted by Gasteiger charge is 2.27. The minimum absolute atomic E-state index is 0.322. The fourth-order valence-corrected chi connectivity index (χ4v) is 1.44. The Balaban J connectivity index is 2.71. The average Bonchev–Trinajstić information content (AvgIpc) is 2.27. The van der Waals surface area contributed by atoms with Gasteiger partial charge in [-0.2, -0.15) is 13.2 Å².